The molecule has 0 amide bonds. The standard InChI is InChI=1S/C17H21NO2/c19-17(20)11-5-3-1-2-4-8-14-12-18-13-15-9-6-7-10-16(14)15/h6-7,9-10,12-13H,1-5,8,11H2,(H,19,20). The second-order valence-corrected chi connectivity index (χ2v) is 5.18. The van der Waals surface area contributed by atoms with Gasteiger partial charge < -0.3 is 5.11 Å². The first-order valence-electron chi connectivity index (χ1n) is 7.31. The average Bonchev–Trinajstić information content (AvgIpc) is 2.46. The Hall–Kier alpha value is -1.90. The van der Waals surface area contributed by atoms with E-state index in [1.54, 1.807) is 0 Å². The molecule has 2 aromatic rings. The third-order valence-corrected chi connectivity index (χ3v) is 3.59. The lowest BCUT2D eigenvalue weighted by atomic mass is 10.0. The maximum absolute atomic E-state index is 10.4. The van der Waals surface area contributed by atoms with E-state index in [2.05, 4.69) is 23.2 Å². The Morgan fingerprint density at radius 2 is 1.75 bits per heavy atom. The van der Waals surface area contributed by atoms with Gasteiger partial charge >= 0.3 is 5.97 Å². The molecular weight excluding hydrogens is 250 g/mol. The molecular formula is C17H21NO2. The molecule has 106 valence electrons. The van der Waals surface area contributed by atoms with Crippen molar-refractivity contribution in [2.45, 2.75) is 44.9 Å². The zero-order valence-corrected chi connectivity index (χ0v) is 11.7. The number of aromatic nitrogens is 1. The van der Waals surface area contributed by atoms with Crippen molar-refractivity contribution < 1.29 is 9.90 Å². The molecule has 1 aromatic carbocycles. The third kappa shape index (κ3) is 4.34. The van der Waals surface area contributed by atoms with E-state index in [1.165, 1.54) is 16.3 Å². The monoisotopic (exact) mass is 271 g/mol. The first kappa shape index (κ1) is 14.5. The highest BCUT2D eigenvalue weighted by Gasteiger charge is 2.01. The van der Waals surface area contributed by atoms with E-state index in [0.717, 1.165) is 38.5 Å². The zero-order valence-electron chi connectivity index (χ0n) is 11.7. The van der Waals surface area contributed by atoms with Crippen LogP contribution < -0.4 is 0 Å². The van der Waals surface area contributed by atoms with Crippen molar-refractivity contribution >= 4 is 16.7 Å². The number of unbranched alkanes of at least 4 members (excludes halogenated alkanes) is 4. The van der Waals surface area contributed by atoms with Crippen molar-refractivity contribution in [1.82, 2.24) is 4.98 Å². The highest BCUT2D eigenvalue weighted by molar-refractivity contribution is 5.84. The van der Waals surface area contributed by atoms with Crippen LogP contribution in [0.15, 0.2) is 36.7 Å². The lowest BCUT2D eigenvalue weighted by molar-refractivity contribution is -0.137. The van der Waals surface area contributed by atoms with Crippen molar-refractivity contribution in [3.05, 3.63) is 42.2 Å². The van der Waals surface area contributed by atoms with Crippen LogP contribution in [0.4, 0.5) is 0 Å². The predicted molar refractivity (Wildman–Crippen MR) is 80.8 cm³/mol. The number of pyridine rings is 1. The van der Waals surface area contributed by atoms with Crippen molar-refractivity contribution in [3.8, 4) is 0 Å². The largest absolute Gasteiger partial charge is 0.481 e. The number of hydrogen-bond acceptors (Lipinski definition) is 2. The fourth-order valence-electron chi connectivity index (χ4n) is 2.50. The summed E-state index contributed by atoms with van der Waals surface area (Å²) < 4.78 is 0. The molecule has 3 heteroatoms. The second-order valence-electron chi connectivity index (χ2n) is 5.18. The molecule has 2 rings (SSSR count). The van der Waals surface area contributed by atoms with E-state index in [1.807, 2.05) is 18.5 Å². The summed E-state index contributed by atoms with van der Waals surface area (Å²) in [6.07, 6.45) is 10.4. The van der Waals surface area contributed by atoms with Gasteiger partial charge in [-0.25, -0.2) is 0 Å². The van der Waals surface area contributed by atoms with Gasteiger partial charge in [0.15, 0.2) is 0 Å². The Morgan fingerprint density at radius 1 is 1.00 bits per heavy atom. The summed E-state index contributed by atoms with van der Waals surface area (Å²) in [4.78, 5) is 14.7. The maximum atomic E-state index is 10.4. The van der Waals surface area contributed by atoms with Crippen LogP contribution in [0.25, 0.3) is 10.8 Å². The van der Waals surface area contributed by atoms with Crippen LogP contribution in [0.3, 0.4) is 0 Å². The van der Waals surface area contributed by atoms with Crippen LogP contribution in [0.5, 0.6) is 0 Å². The maximum Gasteiger partial charge on any atom is 0.303 e. The lowest BCUT2D eigenvalue weighted by Crippen LogP contribution is -1.94. The number of fused-ring (bicyclic) bond motifs is 1. The Morgan fingerprint density at radius 3 is 2.60 bits per heavy atom. The molecule has 1 heterocycles. The summed E-state index contributed by atoms with van der Waals surface area (Å²) in [6, 6.07) is 8.35. The Labute approximate surface area is 119 Å². The second kappa shape index (κ2) is 7.63. The molecule has 0 unspecified atom stereocenters. The highest BCUT2D eigenvalue weighted by atomic mass is 16.4. The van der Waals surface area contributed by atoms with Crippen LogP contribution in [0.1, 0.15) is 44.1 Å². The normalized spacial score (nSPS) is 10.8. The van der Waals surface area contributed by atoms with Gasteiger partial charge in [0.2, 0.25) is 0 Å². The van der Waals surface area contributed by atoms with Gasteiger partial charge in [-0.05, 0) is 30.2 Å². The van der Waals surface area contributed by atoms with Crippen molar-refractivity contribution in [3.63, 3.8) is 0 Å². The molecule has 1 aromatic heterocycles. The van der Waals surface area contributed by atoms with Crippen LogP contribution in [-0.4, -0.2) is 16.1 Å². The molecule has 0 radical (unpaired) electrons. The molecule has 0 atom stereocenters. The zero-order chi connectivity index (χ0) is 14.2. The number of carboxylic acids is 1. The van der Waals surface area contributed by atoms with Gasteiger partial charge in [0, 0.05) is 24.2 Å². The number of hydrogen-bond donors (Lipinski definition) is 1. The smallest absolute Gasteiger partial charge is 0.303 e. The number of carbonyl (C=O) groups is 1. The van der Waals surface area contributed by atoms with Crippen molar-refractivity contribution in [2.24, 2.45) is 0 Å². The van der Waals surface area contributed by atoms with Gasteiger partial charge in [0.25, 0.3) is 0 Å². The first-order valence-corrected chi connectivity index (χ1v) is 7.31. The summed E-state index contributed by atoms with van der Waals surface area (Å²) in [5.41, 5.74) is 1.31. The number of aliphatic carboxylic acids is 1. The summed E-state index contributed by atoms with van der Waals surface area (Å²) in [5, 5.41) is 11.1. The minimum Gasteiger partial charge on any atom is -0.481 e. The molecule has 0 spiro atoms. The van der Waals surface area contributed by atoms with Crippen molar-refractivity contribution in [2.75, 3.05) is 0 Å². The number of carboxylic acid groups (broad SMARTS) is 1. The van der Waals surface area contributed by atoms with Gasteiger partial charge in [-0.3, -0.25) is 9.78 Å². The predicted octanol–water partition coefficient (Wildman–Crippen LogP) is 4.20. The van der Waals surface area contributed by atoms with Crippen LogP contribution in [0.2, 0.25) is 0 Å². The van der Waals surface area contributed by atoms with E-state index >= 15 is 0 Å². The molecule has 20 heavy (non-hydrogen) atoms. The first-order chi connectivity index (χ1) is 9.77. The Bertz CT molecular complexity index is 560. The van der Waals surface area contributed by atoms with Crippen molar-refractivity contribution in [1.29, 1.82) is 0 Å². The summed E-state index contributed by atoms with van der Waals surface area (Å²) >= 11 is 0. The molecule has 0 fully saturated rings. The van der Waals surface area contributed by atoms with Gasteiger partial charge in [0.1, 0.15) is 0 Å². The molecule has 0 bridgehead atoms. The third-order valence-electron chi connectivity index (χ3n) is 3.59. The van der Waals surface area contributed by atoms with E-state index in [4.69, 9.17) is 5.11 Å². The molecule has 0 aliphatic carbocycles. The van der Waals surface area contributed by atoms with E-state index in [-0.39, 0.29) is 0 Å². The minimum atomic E-state index is -0.688. The number of aryl methyl sites for hydroxylation is 1. The van der Waals surface area contributed by atoms with Crippen LogP contribution in [0, 0.1) is 0 Å². The number of rotatable bonds is 8. The SMILES string of the molecule is O=C(O)CCCCCCCc1cncc2ccccc12. The molecule has 0 saturated carbocycles. The topological polar surface area (TPSA) is 50.2 Å². The fourth-order valence-corrected chi connectivity index (χ4v) is 2.50. The van der Waals surface area contributed by atoms with Gasteiger partial charge in [0.05, 0.1) is 0 Å². The minimum absolute atomic E-state index is 0.299. The molecule has 0 aliphatic rings. The average molecular weight is 271 g/mol. The lowest BCUT2D eigenvalue weighted by Gasteiger charge is -2.05. The van der Waals surface area contributed by atoms with Crippen LogP contribution in [-0.2, 0) is 11.2 Å². The Balaban J connectivity index is 1.75. The fraction of sp³-hybridized carbons (Fsp3) is 0.412. The van der Waals surface area contributed by atoms with E-state index < -0.39 is 5.97 Å². The summed E-state index contributed by atoms with van der Waals surface area (Å²) in [7, 11) is 0. The molecule has 1 N–H and O–H groups in total. The summed E-state index contributed by atoms with van der Waals surface area (Å²) in [6.45, 7) is 0. The quantitative estimate of drug-likeness (QED) is 0.732. The summed E-state index contributed by atoms with van der Waals surface area (Å²) in [5.74, 6) is -0.688. The number of benzene rings is 1. The molecule has 0 aliphatic heterocycles. The number of nitrogens with zero attached hydrogens (tertiary/aromatic N) is 1. The highest BCUT2D eigenvalue weighted by Crippen LogP contribution is 2.19. The Kier molecular flexibility index (Phi) is 5.54. The van der Waals surface area contributed by atoms with Gasteiger partial charge in [-0.2, -0.15) is 0 Å². The molecule has 0 saturated heterocycles. The molecule has 3 nitrogen and oxygen atoms in total. The van der Waals surface area contributed by atoms with E-state index in [9.17, 15) is 4.79 Å². The van der Waals surface area contributed by atoms with Crippen LogP contribution >= 0.6 is 0 Å². The van der Waals surface area contributed by atoms with Gasteiger partial charge in [-0.1, -0.05) is 43.5 Å². The van der Waals surface area contributed by atoms with E-state index in [0.29, 0.717) is 6.42 Å². The van der Waals surface area contributed by atoms with Gasteiger partial charge in [-0.15, -0.1) is 0 Å².